The van der Waals surface area contributed by atoms with Crippen molar-refractivity contribution in [1.29, 1.82) is 0 Å². The van der Waals surface area contributed by atoms with Gasteiger partial charge in [-0.05, 0) is 55.9 Å². The molecule has 1 saturated carbocycles. The standard InChI is InChI=1S/C14H20FNO/c1-10-8-12(15)5-4-11(10)9-13(16)14(17-2)6-3-7-14/h4-5,8,13H,3,6-7,9,16H2,1-2H3. The van der Waals surface area contributed by atoms with Gasteiger partial charge in [0.15, 0.2) is 0 Å². The van der Waals surface area contributed by atoms with Gasteiger partial charge in [0.25, 0.3) is 0 Å². The van der Waals surface area contributed by atoms with Crippen molar-refractivity contribution < 1.29 is 9.13 Å². The summed E-state index contributed by atoms with van der Waals surface area (Å²) < 4.78 is 18.6. The van der Waals surface area contributed by atoms with E-state index in [1.54, 1.807) is 13.2 Å². The van der Waals surface area contributed by atoms with Crippen LogP contribution in [0.2, 0.25) is 0 Å². The SMILES string of the molecule is COC1(C(N)Cc2ccc(F)cc2C)CCC1. The van der Waals surface area contributed by atoms with Crippen LogP contribution in [0.25, 0.3) is 0 Å². The van der Waals surface area contributed by atoms with Crippen LogP contribution in [-0.4, -0.2) is 18.8 Å². The Morgan fingerprint density at radius 2 is 2.18 bits per heavy atom. The van der Waals surface area contributed by atoms with E-state index in [0.29, 0.717) is 0 Å². The van der Waals surface area contributed by atoms with Crippen LogP contribution in [0, 0.1) is 12.7 Å². The molecule has 17 heavy (non-hydrogen) atoms. The Bertz CT molecular complexity index is 396. The van der Waals surface area contributed by atoms with Gasteiger partial charge in [-0.25, -0.2) is 4.39 Å². The summed E-state index contributed by atoms with van der Waals surface area (Å²) >= 11 is 0. The molecule has 0 bridgehead atoms. The lowest BCUT2D eigenvalue weighted by atomic mass is 9.73. The molecule has 0 aliphatic heterocycles. The van der Waals surface area contributed by atoms with E-state index >= 15 is 0 Å². The topological polar surface area (TPSA) is 35.2 Å². The van der Waals surface area contributed by atoms with Gasteiger partial charge in [-0.2, -0.15) is 0 Å². The monoisotopic (exact) mass is 237 g/mol. The third-order valence-corrected chi connectivity index (χ3v) is 4.03. The number of hydrogen-bond acceptors (Lipinski definition) is 2. The molecule has 1 aliphatic rings. The van der Waals surface area contributed by atoms with Crippen molar-refractivity contribution in [2.75, 3.05) is 7.11 Å². The van der Waals surface area contributed by atoms with Gasteiger partial charge in [-0.3, -0.25) is 0 Å². The quantitative estimate of drug-likeness (QED) is 0.873. The summed E-state index contributed by atoms with van der Waals surface area (Å²) in [7, 11) is 1.73. The first-order valence-corrected chi connectivity index (χ1v) is 6.13. The third kappa shape index (κ3) is 2.35. The molecule has 94 valence electrons. The number of methoxy groups -OCH3 is 1. The van der Waals surface area contributed by atoms with Crippen LogP contribution >= 0.6 is 0 Å². The average Bonchev–Trinajstić information content (AvgIpc) is 2.21. The molecular formula is C14H20FNO. The maximum absolute atomic E-state index is 13.0. The van der Waals surface area contributed by atoms with E-state index in [1.807, 2.05) is 13.0 Å². The first-order chi connectivity index (χ1) is 8.07. The summed E-state index contributed by atoms with van der Waals surface area (Å²) in [6.07, 6.45) is 4.00. The van der Waals surface area contributed by atoms with Gasteiger partial charge in [0.1, 0.15) is 5.82 Å². The van der Waals surface area contributed by atoms with E-state index in [2.05, 4.69) is 0 Å². The summed E-state index contributed by atoms with van der Waals surface area (Å²) in [6, 6.07) is 4.87. The van der Waals surface area contributed by atoms with E-state index in [4.69, 9.17) is 10.5 Å². The molecule has 0 heterocycles. The van der Waals surface area contributed by atoms with Crippen molar-refractivity contribution in [1.82, 2.24) is 0 Å². The van der Waals surface area contributed by atoms with Crippen molar-refractivity contribution in [2.24, 2.45) is 5.73 Å². The van der Waals surface area contributed by atoms with Gasteiger partial charge in [-0.15, -0.1) is 0 Å². The Hall–Kier alpha value is -0.930. The summed E-state index contributed by atoms with van der Waals surface area (Å²) in [5, 5.41) is 0. The van der Waals surface area contributed by atoms with Gasteiger partial charge in [0, 0.05) is 13.2 Å². The van der Waals surface area contributed by atoms with E-state index in [9.17, 15) is 4.39 Å². The number of hydrogen-bond donors (Lipinski definition) is 1. The van der Waals surface area contributed by atoms with Crippen molar-refractivity contribution in [3.05, 3.63) is 35.1 Å². The Balaban J connectivity index is 2.10. The van der Waals surface area contributed by atoms with E-state index in [0.717, 1.165) is 30.4 Å². The highest BCUT2D eigenvalue weighted by Crippen LogP contribution is 2.38. The minimum atomic E-state index is -0.190. The average molecular weight is 237 g/mol. The normalized spacial score (nSPS) is 19.8. The molecule has 1 aromatic carbocycles. The van der Waals surface area contributed by atoms with Crippen molar-refractivity contribution in [3.8, 4) is 0 Å². The van der Waals surface area contributed by atoms with Crippen LogP contribution in [0.5, 0.6) is 0 Å². The molecule has 2 nitrogen and oxygen atoms in total. The van der Waals surface area contributed by atoms with Gasteiger partial charge in [-0.1, -0.05) is 6.07 Å². The highest BCUT2D eigenvalue weighted by atomic mass is 19.1. The smallest absolute Gasteiger partial charge is 0.123 e. The van der Waals surface area contributed by atoms with Crippen LogP contribution in [0.15, 0.2) is 18.2 Å². The molecule has 1 aromatic rings. The summed E-state index contributed by atoms with van der Waals surface area (Å²) in [5.41, 5.74) is 8.17. The van der Waals surface area contributed by atoms with Crippen molar-refractivity contribution in [2.45, 2.75) is 44.2 Å². The van der Waals surface area contributed by atoms with Crippen LogP contribution < -0.4 is 5.73 Å². The Labute approximate surface area is 102 Å². The molecule has 1 unspecified atom stereocenters. The second-order valence-corrected chi connectivity index (χ2v) is 5.00. The number of nitrogens with two attached hydrogens (primary N) is 1. The number of halogens is 1. The molecule has 0 spiro atoms. The van der Waals surface area contributed by atoms with Crippen LogP contribution in [0.3, 0.4) is 0 Å². The first-order valence-electron chi connectivity index (χ1n) is 6.13. The van der Waals surface area contributed by atoms with E-state index in [-0.39, 0.29) is 17.5 Å². The van der Waals surface area contributed by atoms with Crippen molar-refractivity contribution in [3.63, 3.8) is 0 Å². The van der Waals surface area contributed by atoms with E-state index in [1.165, 1.54) is 12.5 Å². The molecule has 2 rings (SSSR count). The summed E-state index contributed by atoms with van der Waals surface area (Å²) in [6.45, 7) is 1.92. The highest BCUT2D eigenvalue weighted by molar-refractivity contribution is 5.28. The van der Waals surface area contributed by atoms with Gasteiger partial charge < -0.3 is 10.5 Å². The minimum absolute atomic E-state index is 0.00888. The molecule has 0 aromatic heterocycles. The maximum atomic E-state index is 13.0. The first kappa shape index (κ1) is 12.5. The molecule has 2 N–H and O–H groups in total. The molecule has 1 fully saturated rings. The molecule has 1 atom stereocenters. The second kappa shape index (κ2) is 4.75. The lowest BCUT2D eigenvalue weighted by Crippen LogP contribution is -2.55. The molecule has 0 saturated heterocycles. The van der Waals surface area contributed by atoms with Crippen LogP contribution in [0.1, 0.15) is 30.4 Å². The maximum Gasteiger partial charge on any atom is 0.123 e. The lowest BCUT2D eigenvalue weighted by molar-refractivity contribution is -0.0897. The third-order valence-electron chi connectivity index (χ3n) is 4.03. The summed E-state index contributed by atoms with van der Waals surface area (Å²) in [5.74, 6) is -0.190. The van der Waals surface area contributed by atoms with Gasteiger partial charge in [0.2, 0.25) is 0 Å². The number of aryl methyl sites for hydroxylation is 1. The fourth-order valence-corrected chi connectivity index (χ4v) is 2.56. The number of rotatable bonds is 4. The van der Waals surface area contributed by atoms with E-state index < -0.39 is 0 Å². The molecule has 3 heteroatoms. The van der Waals surface area contributed by atoms with Gasteiger partial charge >= 0.3 is 0 Å². The predicted molar refractivity (Wildman–Crippen MR) is 66.4 cm³/mol. The molecular weight excluding hydrogens is 217 g/mol. The molecule has 0 amide bonds. The highest BCUT2D eigenvalue weighted by Gasteiger charge is 2.42. The predicted octanol–water partition coefficient (Wildman–Crippen LogP) is 2.57. The number of benzene rings is 1. The largest absolute Gasteiger partial charge is 0.377 e. The molecule has 0 radical (unpaired) electrons. The minimum Gasteiger partial charge on any atom is -0.377 e. The lowest BCUT2D eigenvalue weighted by Gasteiger charge is -2.45. The second-order valence-electron chi connectivity index (χ2n) is 5.00. The van der Waals surface area contributed by atoms with Crippen LogP contribution in [-0.2, 0) is 11.2 Å². The molecule has 1 aliphatic carbocycles. The zero-order chi connectivity index (χ0) is 12.5. The fraction of sp³-hybridized carbons (Fsp3) is 0.571. The zero-order valence-corrected chi connectivity index (χ0v) is 10.5. The Morgan fingerprint density at radius 1 is 1.47 bits per heavy atom. The van der Waals surface area contributed by atoms with Gasteiger partial charge in [0.05, 0.1) is 5.60 Å². The fourth-order valence-electron chi connectivity index (χ4n) is 2.56. The zero-order valence-electron chi connectivity index (χ0n) is 10.5. The Morgan fingerprint density at radius 3 is 2.65 bits per heavy atom. The Kier molecular flexibility index (Phi) is 3.50. The number of ether oxygens (including phenoxy) is 1. The van der Waals surface area contributed by atoms with Crippen molar-refractivity contribution >= 4 is 0 Å². The van der Waals surface area contributed by atoms with Crippen LogP contribution in [0.4, 0.5) is 4.39 Å². The summed E-state index contributed by atoms with van der Waals surface area (Å²) in [4.78, 5) is 0.